The van der Waals surface area contributed by atoms with Gasteiger partial charge in [0.25, 0.3) is 0 Å². The molecule has 17 heavy (non-hydrogen) atoms. The van der Waals surface area contributed by atoms with Crippen LogP contribution in [-0.4, -0.2) is 26.7 Å². The molecule has 1 heterocycles. The summed E-state index contributed by atoms with van der Waals surface area (Å²) in [6.07, 6.45) is 2.64. The van der Waals surface area contributed by atoms with Crippen molar-refractivity contribution in [3.63, 3.8) is 0 Å². The van der Waals surface area contributed by atoms with Crippen molar-refractivity contribution in [1.82, 2.24) is 15.1 Å². The van der Waals surface area contributed by atoms with Gasteiger partial charge < -0.3 is 15.4 Å². The summed E-state index contributed by atoms with van der Waals surface area (Å²) in [6.45, 7) is 4.26. The number of nitrogens with one attached hydrogen (secondary N) is 1. The monoisotopic (exact) mass is 240 g/mol. The van der Waals surface area contributed by atoms with E-state index in [0.29, 0.717) is 6.54 Å². The summed E-state index contributed by atoms with van der Waals surface area (Å²) in [4.78, 5) is 21.3. The average molecular weight is 240 g/mol. The number of hydrogen-bond donors (Lipinski definition) is 1. The van der Waals surface area contributed by atoms with Crippen molar-refractivity contribution in [3.05, 3.63) is 22.4 Å². The minimum atomic E-state index is -0.560. The number of rotatable bonds is 6. The summed E-state index contributed by atoms with van der Waals surface area (Å²) in [6, 6.07) is 1.46. The smallest absolute Gasteiger partial charge is 0.358 e. The molecule has 0 spiro atoms. The van der Waals surface area contributed by atoms with Crippen LogP contribution in [0.3, 0.4) is 0 Å². The molecule has 1 amide bonds. The summed E-state index contributed by atoms with van der Waals surface area (Å²) in [5.74, 6) is -0.273. The van der Waals surface area contributed by atoms with Gasteiger partial charge in [-0.2, -0.15) is 4.68 Å². The molecule has 0 aliphatic carbocycles. The molecule has 1 rings (SSSR count). The van der Waals surface area contributed by atoms with Crippen LogP contribution in [0.25, 0.3) is 0 Å². The van der Waals surface area contributed by atoms with Crippen molar-refractivity contribution < 1.29 is 9.72 Å². The second kappa shape index (κ2) is 5.97. The van der Waals surface area contributed by atoms with Crippen molar-refractivity contribution in [2.75, 3.05) is 0 Å². The molecule has 7 heteroatoms. The fraction of sp³-hybridized carbons (Fsp3) is 0.600. The summed E-state index contributed by atoms with van der Waals surface area (Å²) < 4.78 is 1.40. The number of amides is 1. The molecule has 0 saturated heterocycles. The number of nitrogens with zero attached hydrogens (tertiary/aromatic N) is 3. The standard InChI is InChI=1S/C10H16N4O3/c1-3-8(2)11-10(15)5-7-13-6-4-9(12-13)14(16)17/h4,6,8H,3,5,7H2,1-2H3,(H,11,15). The summed E-state index contributed by atoms with van der Waals surface area (Å²) >= 11 is 0. The Hall–Kier alpha value is -1.92. The lowest BCUT2D eigenvalue weighted by molar-refractivity contribution is -0.389. The Balaban J connectivity index is 2.39. The Morgan fingerprint density at radius 3 is 2.94 bits per heavy atom. The molecule has 1 aromatic heterocycles. The van der Waals surface area contributed by atoms with Gasteiger partial charge in [0.05, 0.1) is 23.9 Å². The second-order valence-electron chi connectivity index (χ2n) is 3.82. The van der Waals surface area contributed by atoms with Crippen molar-refractivity contribution in [1.29, 1.82) is 0 Å². The van der Waals surface area contributed by atoms with E-state index in [0.717, 1.165) is 6.42 Å². The zero-order valence-corrected chi connectivity index (χ0v) is 9.92. The maximum atomic E-state index is 11.4. The molecule has 1 unspecified atom stereocenters. The number of carbonyl (C=O) groups is 1. The number of aromatic nitrogens is 2. The Kier molecular flexibility index (Phi) is 4.62. The topological polar surface area (TPSA) is 90.1 Å². The Labute approximate surface area is 99.0 Å². The third-order valence-corrected chi connectivity index (χ3v) is 2.40. The highest BCUT2D eigenvalue weighted by Gasteiger charge is 2.12. The molecule has 0 aliphatic heterocycles. The van der Waals surface area contributed by atoms with Crippen LogP contribution in [0.2, 0.25) is 0 Å². The Morgan fingerprint density at radius 1 is 1.71 bits per heavy atom. The number of carbonyl (C=O) groups excluding carboxylic acids is 1. The van der Waals surface area contributed by atoms with E-state index in [1.54, 1.807) is 0 Å². The van der Waals surface area contributed by atoms with E-state index >= 15 is 0 Å². The van der Waals surface area contributed by atoms with Crippen LogP contribution in [0, 0.1) is 10.1 Å². The predicted molar refractivity (Wildman–Crippen MR) is 61.4 cm³/mol. The molecule has 0 radical (unpaired) electrons. The lowest BCUT2D eigenvalue weighted by Crippen LogP contribution is -2.32. The fourth-order valence-corrected chi connectivity index (χ4v) is 1.24. The van der Waals surface area contributed by atoms with Crippen LogP contribution in [-0.2, 0) is 11.3 Å². The first-order valence-electron chi connectivity index (χ1n) is 5.50. The van der Waals surface area contributed by atoms with Crippen molar-refractivity contribution >= 4 is 11.7 Å². The molecule has 0 aliphatic rings. The van der Waals surface area contributed by atoms with Gasteiger partial charge in [-0.1, -0.05) is 6.92 Å². The molecule has 0 saturated carbocycles. The van der Waals surface area contributed by atoms with Crippen LogP contribution >= 0.6 is 0 Å². The lowest BCUT2D eigenvalue weighted by atomic mass is 10.2. The van der Waals surface area contributed by atoms with Crippen LogP contribution in [0.1, 0.15) is 26.7 Å². The molecule has 1 aromatic rings. The molecule has 7 nitrogen and oxygen atoms in total. The maximum Gasteiger partial charge on any atom is 0.389 e. The molecule has 1 atom stereocenters. The van der Waals surface area contributed by atoms with Crippen molar-refractivity contribution in [3.8, 4) is 0 Å². The molecule has 0 fully saturated rings. The van der Waals surface area contributed by atoms with Crippen LogP contribution in [0.4, 0.5) is 5.82 Å². The minimum absolute atomic E-state index is 0.0718. The Bertz CT molecular complexity index is 402. The molecule has 0 bridgehead atoms. The predicted octanol–water partition coefficient (Wildman–Crippen LogP) is 1.10. The fourth-order valence-electron chi connectivity index (χ4n) is 1.24. The molecular formula is C10H16N4O3. The highest BCUT2D eigenvalue weighted by Crippen LogP contribution is 2.05. The summed E-state index contributed by atoms with van der Waals surface area (Å²) in [5, 5.41) is 16.9. The van der Waals surface area contributed by atoms with Gasteiger partial charge in [0.2, 0.25) is 5.91 Å². The number of hydrogen-bond acceptors (Lipinski definition) is 4. The van der Waals surface area contributed by atoms with Gasteiger partial charge in [-0.3, -0.25) is 4.79 Å². The van der Waals surface area contributed by atoms with Gasteiger partial charge in [-0.05, 0) is 18.3 Å². The highest BCUT2D eigenvalue weighted by atomic mass is 16.6. The van der Waals surface area contributed by atoms with Gasteiger partial charge in [0.15, 0.2) is 0 Å². The first-order chi connectivity index (χ1) is 8.02. The quantitative estimate of drug-likeness (QED) is 0.595. The largest absolute Gasteiger partial charge is 0.389 e. The van der Waals surface area contributed by atoms with E-state index < -0.39 is 4.92 Å². The maximum absolute atomic E-state index is 11.4. The van der Waals surface area contributed by atoms with Crippen LogP contribution < -0.4 is 5.32 Å². The number of nitro groups is 1. The highest BCUT2D eigenvalue weighted by molar-refractivity contribution is 5.76. The van der Waals surface area contributed by atoms with Gasteiger partial charge in [0.1, 0.15) is 0 Å². The Morgan fingerprint density at radius 2 is 2.41 bits per heavy atom. The first kappa shape index (κ1) is 13.1. The zero-order chi connectivity index (χ0) is 12.8. The van der Waals surface area contributed by atoms with Gasteiger partial charge >= 0.3 is 5.82 Å². The third-order valence-electron chi connectivity index (χ3n) is 2.40. The van der Waals surface area contributed by atoms with E-state index in [4.69, 9.17) is 0 Å². The summed E-state index contributed by atoms with van der Waals surface area (Å²) in [7, 11) is 0. The van der Waals surface area contributed by atoms with E-state index in [1.165, 1.54) is 16.9 Å². The molecule has 0 aromatic carbocycles. The molecule has 94 valence electrons. The van der Waals surface area contributed by atoms with Gasteiger partial charge in [-0.25, -0.2) is 0 Å². The normalized spacial score (nSPS) is 12.1. The van der Waals surface area contributed by atoms with Gasteiger partial charge in [-0.15, -0.1) is 0 Å². The molecule has 1 N–H and O–H groups in total. The second-order valence-corrected chi connectivity index (χ2v) is 3.82. The van der Waals surface area contributed by atoms with Crippen LogP contribution in [0.15, 0.2) is 12.3 Å². The lowest BCUT2D eigenvalue weighted by Gasteiger charge is -2.10. The average Bonchev–Trinajstić information content (AvgIpc) is 2.75. The molecular weight excluding hydrogens is 224 g/mol. The summed E-state index contributed by atoms with van der Waals surface area (Å²) in [5.41, 5.74) is 0. The van der Waals surface area contributed by atoms with E-state index in [9.17, 15) is 14.9 Å². The third kappa shape index (κ3) is 4.21. The van der Waals surface area contributed by atoms with Crippen molar-refractivity contribution in [2.45, 2.75) is 39.3 Å². The number of aryl methyl sites for hydroxylation is 1. The van der Waals surface area contributed by atoms with E-state index in [2.05, 4.69) is 10.4 Å². The van der Waals surface area contributed by atoms with E-state index in [1.807, 2.05) is 13.8 Å². The zero-order valence-electron chi connectivity index (χ0n) is 9.92. The van der Waals surface area contributed by atoms with E-state index in [-0.39, 0.29) is 24.2 Å². The first-order valence-corrected chi connectivity index (χ1v) is 5.50. The van der Waals surface area contributed by atoms with Gasteiger partial charge in [0, 0.05) is 12.5 Å². The minimum Gasteiger partial charge on any atom is -0.358 e. The SMILES string of the molecule is CCC(C)NC(=O)CCn1ccc([N+](=O)[O-])n1. The van der Waals surface area contributed by atoms with Crippen molar-refractivity contribution in [2.24, 2.45) is 0 Å². The van der Waals surface area contributed by atoms with Crippen LogP contribution in [0.5, 0.6) is 0 Å².